The van der Waals surface area contributed by atoms with Crippen LogP contribution in [0.15, 0.2) is 65.9 Å². The summed E-state index contributed by atoms with van der Waals surface area (Å²) in [4.78, 5) is 38.2. The maximum Gasteiger partial charge on any atom is 0.481 e. The predicted octanol–water partition coefficient (Wildman–Crippen LogP) is 5.83. The number of carbonyl (C=O) groups excluding carboxylic acids is 2. The van der Waals surface area contributed by atoms with Crippen LogP contribution in [0.2, 0.25) is 0 Å². The number of aryl methyl sites for hydroxylation is 1. The molecular weight excluding hydrogens is 603 g/mol. The molecule has 5 aliphatic rings. The summed E-state index contributed by atoms with van der Waals surface area (Å²) >= 11 is 0. The summed E-state index contributed by atoms with van der Waals surface area (Å²) < 4.78 is 13.5. The molecule has 2 aromatic carbocycles. The van der Waals surface area contributed by atoms with Gasteiger partial charge in [-0.25, -0.2) is 0 Å². The molecule has 2 N–H and O–H groups in total. The van der Waals surface area contributed by atoms with E-state index in [1.54, 1.807) is 6.20 Å². The number of rotatable bonds is 10. The van der Waals surface area contributed by atoms with Crippen molar-refractivity contribution in [1.82, 2.24) is 15.6 Å². The van der Waals surface area contributed by atoms with Gasteiger partial charge in [-0.3, -0.25) is 14.6 Å². The number of benzene rings is 2. The summed E-state index contributed by atoms with van der Waals surface area (Å²) in [5, 5.41) is 12.4. The van der Waals surface area contributed by atoms with E-state index < -0.39 is 12.7 Å². The van der Waals surface area contributed by atoms with Gasteiger partial charge in [-0.2, -0.15) is 0 Å². The van der Waals surface area contributed by atoms with E-state index in [4.69, 9.17) is 14.1 Å². The van der Waals surface area contributed by atoms with Crippen molar-refractivity contribution in [2.45, 2.75) is 96.9 Å². The van der Waals surface area contributed by atoms with Gasteiger partial charge >= 0.3 is 7.12 Å². The monoisotopic (exact) mass is 650 g/mol. The Kier molecular flexibility index (Phi) is 8.39. The summed E-state index contributed by atoms with van der Waals surface area (Å²) in [6.45, 7) is 13.4. The average molecular weight is 651 g/mol. The van der Waals surface area contributed by atoms with Crippen LogP contribution >= 0.6 is 0 Å². The molecule has 1 aromatic heterocycles. The third kappa shape index (κ3) is 5.81. The molecule has 48 heavy (non-hydrogen) atoms. The van der Waals surface area contributed by atoms with Crippen molar-refractivity contribution in [2.24, 2.45) is 28.3 Å². The van der Waals surface area contributed by atoms with Crippen LogP contribution in [0.4, 0.5) is 0 Å². The Morgan fingerprint density at radius 1 is 1.06 bits per heavy atom. The smallest absolute Gasteiger partial charge is 0.404 e. The minimum Gasteiger partial charge on any atom is -0.404 e. The van der Waals surface area contributed by atoms with E-state index in [1.807, 2.05) is 55.5 Å². The molecular formula is C38H47BN4O5. The van der Waals surface area contributed by atoms with Crippen LogP contribution in [-0.4, -0.2) is 59.4 Å². The highest BCUT2D eigenvalue weighted by Gasteiger charge is 2.68. The molecule has 8 rings (SSSR count). The van der Waals surface area contributed by atoms with Crippen LogP contribution in [0.3, 0.4) is 0 Å². The molecule has 3 saturated carbocycles. The third-order valence-corrected chi connectivity index (χ3v) is 11.5. The zero-order chi connectivity index (χ0) is 33.8. The number of aromatic nitrogens is 1. The Hall–Kier alpha value is -3.76. The third-order valence-electron chi connectivity index (χ3n) is 11.5. The molecule has 10 heteroatoms. The van der Waals surface area contributed by atoms with E-state index >= 15 is 0 Å². The normalized spacial score (nSPS) is 29.1. The summed E-state index contributed by atoms with van der Waals surface area (Å²) in [5.41, 5.74) is 1.56. The zero-order valence-electron chi connectivity index (χ0n) is 28.9. The van der Waals surface area contributed by atoms with Crippen molar-refractivity contribution >= 4 is 35.4 Å². The molecule has 3 aromatic rings. The maximum absolute atomic E-state index is 14.5. The standard InChI is InChI=1S/C38H47BN4O5/c1-23(2)16-32(39-46-31-19-27-18-30(36(27,4)5)37(31,6)47-39)42-35(45)38(20-25-11-9-10-24(3)17-25)21-28(43-48-38)22-41-34(44)33-29-13-8-7-12-26(29)14-15-40-33/h7-15,17,23,27,30-32H,16,18-22H2,1-6H3,(H,41,44)(H,42,45)/t27-,30-,31+,32-,37-,38?/m0/s1. The molecule has 4 fully saturated rings. The second kappa shape index (κ2) is 12.3. The predicted molar refractivity (Wildman–Crippen MR) is 186 cm³/mol. The molecule has 1 unspecified atom stereocenters. The molecule has 252 valence electrons. The van der Waals surface area contributed by atoms with Crippen LogP contribution in [0.5, 0.6) is 0 Å². The van der Waals surface area contributed by atoms with Crippen molar-refractivity contribution in [3.05, 3.63) is 77.6 Å². The van der Waals surface area contributed by atoms with Gasteiger partial charge in [-0.15, -0.1) is 0 Å². The number of amides is 2. The summed E-state index contributed by atoms with van der Waals surface area (Å²) in [5.74, 6) is 0.434. The Balaban J connectivity index is 1.09. The molecule has 1 saturated heterocycles. The van der Waals surface area contributed by atoms with Gasteiger partial charge in [0, 0.05) is 24.4 Å². The number of nitrogens with zero attached hydrogens (tertiary/aromatic N) is 2. The topological polar surface area (TPSA) is 111 Å². The van der Waals surface area contributed by atoms with Crippen molar-refractivity contribution in [3.8, 4) is 0 Å². The van der Waals surface area contributed by atoms with Crippen LogP contribution in [0.25, 0.3) is 10.8 Å². The maximum atomic E-state index is 14.5. The zero-order valence-corrected chi connectivity index (χ0v) is 28.9. The molecule has 9 nitrogen and oxygen atoms in total. The lowest BCUT2D eigenvalue weighted by Crippen LogP contribution is -2.65. The molecule has 6 atom stereocenters. The number of hydrogen-bond donors (Lipinski definition) is 2. The Bertz CT molecular complexity index is 1760. The van der Waals surface area contributed by atoms with Crippen molar-refractivity contribution in [2.75, 3.05) is 6.54 Å². The van der Waals surface area contributed by atoms with E-state index in [2.05, 4.69) is 61.5 Å². The lowest BCUT2D eigenvalue weighted by Gasteiger charge is -2.64. The molecule has 2 aliphatic heterocycles. The SMILES string of the molecule is Cc1cccc(CC2(C(=O)N[C@@H](CC(C)C)B3O[C@@H]4C[C@@H]5C[C@@H](C5(C)C)[C@]4(C)O3)CC(CNC(=O)c3nccc4ccccc34)=NO2)c1. The van der Waals surface area contributed by atoms with Crippen molar-refractivity contribution in [3.63, 3.8) is 0 Å². The molecule has 0 spiro atoms. The van der Waals surface area contributed by atoms with Crippen LogP contribution in [0.1, 0.15) is 81.9 Å². The van der Waals surface area contributed by atoms with Crippen molar-refractivity contribution in [1.29, 1.82) is 0 Å². The van der Waals surface area contributed by atoms with Crippen LogP contribution < -0.4 is 10.6 Å². The van der Waals surface area contributed by atoms with Crippen molar-refractivity contribution < 1.29 is 23.7 Å². The van der Waals surface area contributed by atoms with Gasteiger partial charge in [0.15, 0.2) is 0 Å². The van der Waals surface area contributed by atoms with Gasteiger partial charge < -0.3 is 24.8 Å². The van der Waals surface area contributed by atoms with Gasteiger partial charge in [0.1, 0.15) is 5.69 Å². The second-order valence-corrected chi connectivity index (χ2v) is 15.7. The first-order valence-electron chi connectivity index (χ1n) is 17.4. The molecule has 0 radical (unpaired) electrons. The minimum atomic E-state index is -1.29. The number of carbonyl (C=O) groups is 2. The molecule has 3 aliphatic carbocycles. The highest BCUT2D eigenvalue weighted by Crippen LogP contribution is 2.65. The van der Waals surface area contributed by atoms with Gasteiger partial charge in [-0.05, 0) is 73.3 Å². The highest BCUT2D eigenvalue weighted by molar-refractivity contribution is 6.48. The first-order chi connectivity index (χ1) is 22.9. The number of hydrogen-bond acceptors (Lipinski definition) is 7. The first kappa shape index (κ1) is 32.8. The lowest BCUT2D eigenvalue weighted by atomic mass is 9.43. The summed E-state index contributed by atoms with van der Waals surface area (Å²) in [6, 6.07) is 17.6. The van der Waals surface area contributed by atoms with Gasteiger partial charge in [0.05, 0.1) is 29.9 Å². The summed E-state index contributed by atoms with van der Waals surface area (Å²) in [6.07, 6.45) is 5.05. The lowest BCUT2D eigenvalue weighted by molar-refractivity contribution is -0.199. The van der Waals surface area contributed by atoms with E-state index in [0.717, 1.165) is 34.7 Å². The second-order valence-electron chi connectivity index (χ2n) is 15.7. The molecule has 2 amide bonds. The number of oxime groups is 1. The quantitative estimate of drug-likeness (QED) is 0.267. The minimum absolute atomic E-state index is 0.0181. The average Bonchev–Trinajstić information content (AvgIpc) is 3.64. The fourth-order valence-electron chi connectivity index (χ4n) is 8.77. The van der Waals surface area contributed by atoms with Gasteiger partial charge in [0.2, 0.25) is 5.60 Å². The van der Waals surface area contributed by atoms with Crippen LogP contribution in [0, 0.1) is 30.1 Å². The van der Waals surface area contributed by atoms with Gasteiger partial charge in [0.25, 0.3) is 11.8 Å². The Morgan fingerprint density at radius 3 is 2.65 bits per heavy atom. The first-order valence-corrected chi connectivity index (χ1v) is 17.4. The molecule has 2 bridgehead atoms. The summed E-state index contributed by atoms with van der Waals surface area (Å²) in [7, 11) is -0.549. The Morgan fingerprint density at radius 2 is 1.88 bits per heavy atom. The van der Waals surface area contributed by atoms with E-state index in [0.29, 0.717) is 42.0 Å². The largest absolute Gasteiger partial charge is 0.481 e. The number of fused-ring (bicyclic) bond motifs is 1. The number of pyridine rings is 1. The fraction of sp³-hybridized carbons (Fsp3) is 0.526. The highest BCUT2D eigenvalue weighted by atomic mass is 16.7. The fourth-order valence-corrected chi connectivity index (χ4v) is 8.77. The van der Waals surface area contributed by atoms with Crippen LogP contribution in [-0.2, 0) is 25.4 Å². The Labute approximate surface area is 283 Å². The van der Waals surface area contributed by atoms with E-state index in [-0.39, 0.29) is 47.8 Å². The van der Waals surface area contributed by atoms with E-state index in [1.165, 1.54) is 0 Å². The van der Waals surface area contributed by atoms with Gasteiger partial charge in [-0.1, -0.05) is 86.9 Å². The molecule has 3 heterocycles. The van der Waals surface area contributed by atoms with E-state index in [9.17, 15) is 9.59 Å². The number of nitrogens with one attached hydrogen (secondary N) is 2.